The SMILES string of the molecule is C[Si]1(C[C@@H](O)C2CCCC2)CCC1. The van der Waals surface area contributed by atoms with Crippen molar-refractivity contribution in [2.45, 2.75) is 62.9 Å². The maximum absolute atomic E-state index is 10.1. The Morgan fingerprint density at radius 3 is 2.31 bits per heavy atom. The quantitative estimate of drug-likeness (QED) is 0.691. The van der Waals surface area contributed by atoms with E-state index >= 15 is 0 Å². The summed E-state index contributed by atoms with van der Waals surface area (Å²) in [5.74, 6) is 0.671. The fourth-order valence-corrected chi connectivity index (χ4v) is 6.31. The Balaban J connectivity index is 1.79. The van der Waals surface area contributed by atoms with E-state index in [1.54, 1.807) is 0 Å². The number of hydrogen-bond donors (Lipinski definition) is 1. The number of rotatable bonds is 3. The minimum Gasteiger partial charge on any atom is -0.393 e. The van der Waals surface area contributed by atoms with Crippen molar-refractivity contribution in [2.24, 2.45) is 5.92 Å². The summed E-state index contributed by atoms with van der Waals surface area (Å²) in [7, 11) is -0.877. The van der Waals surface area contributed by atoms with Crippen molar-refractivity contribution in [3.05, 3.63) is 0 Å². The molecule has 2 rings (SSSR count). The molecule has 13 heavy (non-hydrogen) atoms. The normalized spacial score (nSPS) is 30.0. The van der Waals surface area contributed by atoms with Gasteiger partial charge >= 0.3 is 0 Å². The molecule has 2 heteroatoms. The zero-order valence-corrected chi connectivity index (χ0v) is 9.76. The van der Waals surface area contributed by atoms with E-state index in [4.69, 9.17) is 0 Å². The standard InChI is InChI=1S/C11H22OSi/c1-13(7-4-8-13)9-11(12)10-5-2-3-6-10/h10-12H,2-9H2,1H3/t11-/m1/s1. The van der Waals surface area contributed by atoms with Gasteiger partial charge in [0.2, 0.25) is 0 Å². The van der Waals surface area contributed by atoms with Crippen LogP contribution >= 0.6 is 0 Å². The molecule has 1 saturated carbocycles. The number of aliphatic hydroxyl groups excluding tert-OH is 1. The molecule has 1 heterocycles. The maximum Gasteiger partial charge on any atom is 0.0545 e. The van der Waals surface area contributed by atoms with Gasteiger partial charge in [0.25, 0.3) is 0 Å². The van der Waals surface area contributed by atoms with Crippen LogP contribution in [-0.4, -0.2) is 19.3 Å². The molecular formula is C11H22OSi. The molecule has 0 unspecified atom stereocenters. The van der Waals surface area contributed by atoms with Crippen LogP contribution in [0.2, 0.25) is 24.7 Å². The molecule has 76 valence electrons. The first-order chi connectivity index (χ1) is 6.20. The van der Waals surface area contributed by atoms with Gasteiger partial charge in [0.15, 0.2) is 0 Å². The summed E-state index contributed by atoms with van der Waals surface area (Å²) in [4.78, 5) is 0. The van der Waals surface area contributed by atoms with Crippen LogP contribution in [0.4, 0.5) is 0 Å². The van der Waals surface area contributed by atoms with E-state index < -0.39 is 8.07 Å². The number of aliphatic hydroxyl groups is 1. The molecule has 0 spiro atoms. The predicted molar refractivity (Wildman–Crippen MR) is 58.6 cm³/mol. The van der Waals surface area contributed by atoms with E-state index in [0.29, 0.717) is 5.92 Å². The van der Waals surface area contributed by atoms with Gasteiger partial charge in [0.1, 0.15) is 0 Å². The Hall–Kier alpha value is 0.177. The molecule has 0 aromatic rings. The highest BCUT2D eigenvalue weighted by Crippen LogP contribution is 2.39. The summed E-state index contributed by atoms with van der Waals surface area (Å²) in [6, 6.07) is 4.17. The molecule has 0 radical (unpaired) electrons. The minimum absolute atomic E-state index is 0.0690. The Morgan fingerprint density at radius 2 is 1.85 bits per heavy atom. The second-order valence-electron chi connectivity index (χ2n) is 5.48. The molecule has 1 nitrogen and oxygen atoms in total. The van der Waals surface area contributed by atoms with Crippen LogP contribution in [0.15, 0.2) is 0 Å². The second-order valence-corrected chi connectivity index (χ2v) is 10.5. The molecule has 1 saturated heterocycles. The van der Waals surface area contributed by atoms with E-state index in [9.17, 15) is 5.11 Å². The van der Waals surface area contributed by atoms with E-state index in [2.05, 4.69) is 6.55 Å². The van der Waals surface area contributed by atoms with Crippen LogP contribution in [0, 0.1) is 5.92 Å². The summed E-state index contributed by atoms with van der Waals surface area (Å²) in [5.41, 5.74) is 0. The van der Waals surface area contributed by atoms with Crippen LogP contribution < -0.4 is 0 Å². The van der Waals surface area contributed by atoms with Crippen LogP contribution in [0.1, 0.15) is 32.1 Å². The zero-order valence-electron chi connectivity index (χ0n) is 8.76. The molecule has 1 N–H and O–H groups in total. The second kappa shape index (κ2) is 3.74. The van der Waals surface area contributed by atoms with Crippen molar-refractivity contribution in [3.8, 4) is 0 Å². The van der Waals surface area contributed by atoms with Gasteiger partial charge in [-0.05, 0) is 24.8 Å². The highest BCUT2D eigenvalue weighted by molar-refractivity contribution is 6.81. The van der Waals surface area contributed by atoms with Gasteiger partial charge in [-0.2, -0.15) is 0 Å². The lowest BCUT2D eigenvalue weighted by Gasteiger charge is -2.39. The lowest BCUT2D eigenvalue weighted by atomic mass is 10.0. The molecule has 0 aromatic carbocycles. The van der Waals surface area contributed by atoms with Crippen molar-refractivity contribution in [1.29, 1.82) is 0 Å². The Bertz CT molecular complexity index is 171. The molecule has 1 atom stereocenters. The molecule has 2 fully saturated rings. The van der Waals surface area contributed by atoms with Crippen molar-refractivity contribution in [2.75, 3.05) is 0 Å². The van der Waals surface area contributed by atoms with Gasteiger partial charge in [-0.3, -0.25) is 0 Å². The Labute approximate surface area is 82.6 Å². The zero-order chi connectivity index (χ0) is 9.31. The smallest absolute Gasteiger partial charge is 0.0545 e. The van der Waals surface area contributed by atoms with Gasteiger partial charge in [0, 0.05) is 0 Å². The van der Waals surface area contributed by atoms with Crippen LogP contribution in [-0.2, 0) is 0 Å². The third kappa shape index (κ3) is 2.16. The largest absolute Gasteiger partial charge is 0.393 e. The first-order valence-corrected chi connectivity index (χ1v) is 9.00. The lowest BCUT2D eigenvalue weighted by Crippen LogP contribution is -2.42. The summed E-state index contributed by atoms with van der Waals surface area (Å²) in [6.45, 7) is 2.48. The van der Waals surface area contributed by atoms with Crippen molar-refractivity contribution in [1.82, 2.24) is 0 Å². The van der Waals surface area contributed by atoms with Gasteiger partial charge < -0.3 is 5.11 Å². The molecule has 1 aliphatic carbocycles. The topological polar surface area (TPSA) is 20.2 Å². The maximum atomic E-state index is 10.1. The summed E-state index contributed by atoms with van der Waals surface area (Å²) in [5, 5.41) is 10.1. The van der Waals surface area contributed by atoms with Gasteiger partial charge in [-0.25, -0.2) is 0 Å². The third-order valence-electron chi connectivity index (χ3n) is 4.21. The molecular weight excluding hydrogens is 176 g/mol. The minimum atomic E-state index is -0.877. The highest BCUT2D eigenvalue weighted by atomic mass is 28.3. The molecule has 0 aromatic heterocycles. The average Bonchev–Trinajstić information content (AvgIpc) is 2.53. The highest BCUT2D eigenvalue weighted by Gasteiger charge is 2.38. The van der Waals surface area contributed by atoms with Gasteiger partial charge in [0.05, 0.1) is 14.2 Å². The summed E-state index contributed by atoms with van der Waals surface area (Å²) >= 11 is 0. The first-order valence-electron chi connectivity index (χ1n) is 5.88. The van der Waals surface area contributed by atoms with Crippen LogP contribution in [0.5, 0.6) is 0 Å². The van der Waals surface area contributed by atoms with E-state index in [1.165, 1.54) is 50.2 Å². The van der Waals surface area contributed by atoms with Crippen molar-refractivity contribution in [3.63, 3.8) is 0 Å². The predicted octanol–water partition coefficient (Wildman–Crippen LogP) is 3.02. The first kappa shape index (κ1) is 9.72. The van der Waals surface area contributed by atoms with Crippen LogP contribution in [0.3, 0.4) is 0 Å². The summed E-state index contributed by atoms with van der Waals surface area (Å²) in [6.07, 6.45) is 6.83. The van der Waals surface area contributed by atoms with Crippen LogP contribution in [0.25, 0.3) is 0 Å². The fraction of sp³-hybridized carbons (Fsp3) is 1.00. The lowest BCUT2D eigenvalue weighted by molar-refractivity contribution is 0.126. The van der Waals surface area contributed by atoms with E-state index in [-0.39, 0.29) is 6.10 Å². The average molecular weight is 198 g/mol. The molecule has 0 bridgehead atoms. The monoisotopic (exact) mass is 198 g/mol. The third-order valence-corrected chi connectivity index (χ3v) is 8.73. The van der Waals surface area contributed by atoms with E-state index in [0.717, 1.165) is 0 Å². The van der Waals surface area contributed by atoms with Gasteiger partial charge in [-0.1, -0.05) is 37.9 Å². The molecule has 0 amide bonds. The molecule has 1 aliphatic heterocycles. The van der Waals surface area contributed by atoms with Gasteiger partial charge in [-0.15, -0.1) is 0 Å². The Morgan fingerprint density at radius 1 is 1.23 bits per heavy atom. The molecule has 2 aliphatic rings. The Kier molecular flexibility index (Phi) is 2.79. The number of hydrogen-bond acceptors (Lipinski definition) is 1. The van der Waals surface area contributed by atoms with E-state index in [1.807, 2.05) is 0 Å². The summed E-state index contributed by atoms with van der Waals surface area (Å²) < 4.78 is 0. The fourth-order valence-electron chi connectivity index (χ4n) is 3.00. The van der Waals surface area contributed by atoms with Crippen molar-refractivity contribution >= 4 is 8.07 Å². The van der Waals surface area contributed by atoms with Crippen molar-refractivity contribution < 1.29 is 5.11 Å².